The highest BCUT2D eigenvalue weighted by Crippen LogP contribution is 2.23. The summed E-state index contributed by atoms with van der Waals surface area (Å²) in [4.78, 5) is 30.1. The fourth-order valence-electron chi connectivity index (χ4n) is 2.61. The van der Waals surface area contributed by atoms with Crippen molar-refractivity contribution >= 4 is 28.2 Å². The van der Waals surface area contributed by atoms with Crippen molar-refractivity contribution in [3.8, 4) is 11.4 Å². The van der Waals surface area contributed by atoms with Crippen molar-refractivity contribution in [2.45, 2.75) is 0 Å². The van der Waals surface area contributed by atoms with Gasteiger partial charge in [-0.3, -0.25) is 20.0 Å². The first-order valence-electron chi connectivity index (χ1n) is 7.65. The van der Waals surface area contributed by atoms with Gasteiger partial charge in [0.1, 0.15) is 5.82 Å². The number of nitrogens with zero attached hydrogens (tertiary/aromatic N) is 3. The van der Waals surface area contributed by atoms with Crippen molar-refractivity contribution in [1.29, 1.82) is 0 Å². The second-order valence-electron chi connectivity index (χ2n) is 5.53. The largest absolute Gasteiger partial charge is 0.345 e. The van der Waals surface area contributed by atoms with E-state index in [9.17, 15) is 14.9 Å². The Labute approximate surface area is 146 Å². The minimum atomic E-state index is -0.512. The van der Waals surface area contributed by atoms with Crippen LogP contribution in [0.2, 0.25) is 0 Å². The normalized spacial score (nSPS) is 10.8. The molecule has 26 heavy (non-hydrogen) atoms. The molecule has 0 saturated carbocycles. The van der Waals surface area contributed by atoms with Crippen LogP contribution in [0.25, 0.3) is 22.3 Å². The molecule has 2 aromatic heterocycles. The smallest absolute Gasteiger partial charge is 0.276 e. The van der Waals surface area contributed by atoms with Crippen molar-refractivity contribution in [2.24, 2.45) is 0 Å². The molecule has 0 atom stereocenters. The number of nitro benzene ring substituents is 1. The van der Waals surface area contributed by atoms with E-state index in [1.807, 2.05) is 12.1 Å². The van der Waals surface area contributed by atoms with Crippen LogP contribution in [0.15, 0.2) is 54.9 Å². The molecule has 0 bridgehead atoms. The SMILES string of the molecule is O=C(Nc1ccc(-c2ncc[nH]2)cc1)c1n[nH]c2ccc([N+](=O)[O-])cc12. The second-order valence-corrected chi connectivity index (χ2v) is 5.53. The minimum Gasteiger partial charge on any atom is -0.345 e. The number of aromatic amines is 2. The van der Waals surface area contributed by atoms with Crippen molar-refractivity contribution < 1.29 is 9.72 Å². The summed E-state index contributed by atoms with van der Waals surface area (Å²) in [7, 11) is 0. The van der Waals surface area contributed by atoms with Gasteiger partial charge < -0.3 is 10.3 Å². The minimum absolute atomic E-state index is 0.0961. The maximum Gasteiger partial charge on any atom is 0.276 e. The van der Waals surface area contributed by atoms with Gasteiger partial charge >= 0.3 is 0 Å². The molecule has 0 saturated heterocycles. The number of hydrogen-bond acceptors (Lipinski definition) is 5. The molecule has 0 spiro atoms. The second kappa shape index (κ2) is 6.13. The van der Waals surface area contributed by atoms with Gasteiger partial charge in [0, 0.05) is 41.2 Å². The first kappa shape index (κ1) is 15.5. The fraction of sp³-hybridized carbons (Fsp3) is 0. The van der Waals surface area contributed by atoms with E-state index >= 15 is 0 Å². The summed E-state index contributed by atoms with van der Waals surface area (Å²) >= 11 is 0. The number of hydrogen-bond donors (Lipinski definition) is 3. The number of carbonyl (C=O) groups excluding carboxylic acids is 1. The molecule has 4 rings (SSSR count). The molecular formula is C17H12N6O3. The lowest BCUT2D eigenvalue weighted by molar-refractivity contribution is -0.384. The summed E-state index contributed by atoms with van der Waals surface area (Å²) in [6.45, 7) is 0. The number of nitrogens with one attached hydrogen (secondary N) is 3. The number of rotatable bonds is 4. The lowest BCUT2D eigenvalue weighted by Crippen LogP contribution is -2.12. The van der Waals surface area contributed by atoms with Crippen LogP contribution < -0.4 is 5.32 Å². The first-order valence-corrected chi connectivity index (χ1v) is 7.65. The third kappa shape index (κ3) is 2.77. The number of non-ortho nitro benzene ring substituents is 1. The van der Waals surface area contributed by atoms with Crippen molar-refractivity contribution in [1.82, 2.24) is 20.2 Å². The van der Waals surface area contributed by atoms with Gasteiger partial charge in [-0.05, 0) is 30.3 Å². The molecule has 3 N–H and O–H groups in total. The molecule has 1 amide bonds. The molecule has 0 aliphatic rings. The zero-order valence-electron chi connectivity index (χ0n) is 13.3. The molecule has 4 aromatic rings. The molecular weight excluding hydrogens is 336 g/mol. The number of fused-ring (bicyclic) bond motifs is 1. The quantitative estimate of drug-likeness (QED) is 0.385. The zero-order chi connectivity index (χ0) is 18.1. The number of imidazole rings is 1. The van der Waals surface area contributed by atoms with E-state index in [1.54, 1.807) is 24.5 Å². The Bertz CT molecular complexity index is 1100. The van der Waals surface area contributed by atoms with E-state index in [-0.39, 0.29) is 11.4 Å². The van der Waals surface area contributed by atoms with Crippen LogP contribution in [0, 0.1) is 10.1 Å². The Morgan fingerprint density at radius 3 is 2.65 bits per heavy atom. The summed E-state index contributed by atoms with van der Waals surface area (Å²) in [5.74, 6) is 0.274. The molecule has 2 heterocycles. The molecule has 0 radical (unpaired) electrons. The van der Waals surface area contributed by atoms with Crippen LogP contribution in [-0.2, 0) is 0 Å². The van der Waals surface area contributed by atoms with Gasteiger partial charge in [0.25, 0.3) is 11.6 Å². The average Bonchev–Trinajstić information content (AvgIpc) is 3.31. The van der Waals surface area contributed by atoms with Crippen LogP contribution in [0.5, 0.6) is 0 Å². The van der Waals surface area contributed by atoms with E-state index in [0.717, 1.165) is 11.4 Å². The van der Waals surface area contributed by atoms with E-state index in [1.165, 1.54) is 18.2 Å². The summed E-state index contributed by atoms with van der Waals surface area (Å²) in [6.07, 6.45) is 3.39. The summed E-state index contributed by atoms with van der Waals surface area (Å²) in [5.41, 5.74) is 2.00. The van der Waals surface area contributed by atoms with Gasteiger partial charge in [-0.25, -0.2) is 4.98 Å². The number of H-pyrrole nitrogens is 2. The van der Waals surface area contributed by atoms with Crippen LogP contribution in [0.4, 0.5) is 11.4 Å². The predicted octanol–water partition coefficient (Wildman–Crippen LogP) is 3.11. The van der Waals surface area contributed by atoms with Crippen LogP contribution in [-0.4, -0.2) is 31.0 Å². The number of nitro groups is 1. The van der Waals surface area contributed by atoms with E-state index in [2.05, 4.69) is 25.5 Å². The zero-order valence-corrected chi connectivity index (χ0v) is 13.3. The highest BCUT2D eigenvalue weighted by Gasteiger charge is 2.17. The topological polar surface area (TPSA) is 130 Å². The Kier molecular flexibility index (Phi) is 3.66. The van der Waals surface area contributed by atoms with Crippen molar-refractivity contribution in [2.75, 3.05) is 5.32 Å². The monoisotopic (exact) mass is 348 g/mol. The van der Waals surface area contributed by atoms with Crippen molar-refractivity contribution in [3.05, 3.63) is 70.7 Å². The highest BCUT2D eigenvalue weighted by molar-refractivity contribution is 6.11. The number of aromatic nitrogens is 4. The molecule has 128 valence electrons. The highest BCUT2D eigenvalue weighted by atomic mass is 16.6. The van der Waals surface area contributed by atoms with Crippen LogP contribution in [0.1, 0.15) is 10.5 Å². The molecule has 0 aliphatic heterocycles. The number of anilines is 1. The third-order valence-corrected chi connectivity index (χ3v) is 3.89. The van der Waals surface area contributed by atoms with Crippen LogP contribution >= 0.6 is 0 Å². The van der Waals surface area contributed by atoms with Gasteiger partial charge in [-0.1, -0.05) is 0 Å². The molecule has 0 aliphatic carbocycles. The van der Waals surface area contributed by atoms with Gasteiger partial charge in [0.2, 0.25) is 0 Å². The standard InChI is InChI=1S/C17H12N6O3/c24-17(15-13-9-12(23(25)26)5-6-14(13)21-22-15)20-11-3-1-10(2-4-11)16-18-7-8-19-16/h1-9H,(H,18,19)(H,20,24)(H,21,22). The molecule has 0 unspecified atom stereocenters. The maximum absolute atomic E-state index is 12.5. The molecule has 9 nitrogen and oxygen atoms in total. The van der Waals surface area contributed by atoms with Gasteiger partial charge in [-0.15, -0.1) is 0 Å². The van der Waals surface area contributed by atoms with Crippen molar-refractivity contribution in [3.63, 3.8) is 0 Å². The lowest BCUT2D eigenvalue weighted by Gasteiger charge is -2.04. The molecule has 0 fully saturated rings. The number of carbonyl (C=O) groups is 1. The Hall–Kier alpha value is -4.01. The Morgan fingerprint density at radius 1 is 1.15 bits per heavy atom. The Balaban J connectivity index is 1.59. The van der Waals surface area contributed by atoms with Gasteiger partial charge in [0.05, 0.1) is 10.4 Å². The molecule has 9 heteroatoms. The van der Waals surface area contributed by atoms with E-state index in [0.29, 0.717) is 16.6 Å². The Morgan fingerprint density at radius 2 is 1.96 bits per heavy atom. The lowest BCUT2D eigenvalue weighted by atomic mass is 10.1. The van der Waals surface area contributed by atoms with E-state index in [4.69, 9.17) is 0 Å². The predicted molar refractivity (Wildman–Crippen MR) is 94.7 cm³/mol. The fourth-order valence-corrected chi connectivity index (χ4v) is 2.61. The number of amides is 1. The number of benzene rings is 2. The first-order chi connectivity index (χ1) is 12.6. The maximum atomic E-state index is 12.5. The van der Waals surface area contributed by atoms with Crippen LogP contribution in [0.3, 0.4) is 0 Å². The summed E-state index contributed by atoms with van der Waals surface area (Å²) in [5, 5.41) is 20.7. The van der Waals surface area contributed by atoms with Gasteiger partial charge in [-0.2, -0.15) is 5.10 Å². The third-order valence-electron chi connectivity index (χ3n) is 3.89. The van der Waals surface area contributed by atoms with E-state index < -0.39 is 10.8 Å². The van der Waals surface area contributed by atoms with Gasteiger partial charge in [0.15, 0.2) is 5.69 Å². The summed E-state index contributed by atoms with van der Waals surface area (Å²) in [6, 6.07) is 11.3. The molecule has 2 aromatic carbocycles. The average molecular weight is 348 g/mol. The summed E-state index contributed by atoms with van der Waals surface area (Å²) < 4.78 is 0.